The average Bonchev–Trinajstić information content (AvgIpc) is 2.93. The minimum atomic E-state index is -3.93. The fourth-order valence-corrected chi connectivity index (χ4v) is 5.85. The number of anilines is 1. The van der Waals surface area contributed by atoms with E-state index in [0.29, 0.717) is 31.1 Å². The van der Waals surface area contributed by atoms with Gasteiger partial charge in [0.25, 0.3) is 10.0 Å². The molecule has 0 unspecified atom stereocenters. The van der Waals surface area contributed by atoms with E-state index >= 15 is 0 Å². The number of benzene rings is 4. The summed E-state index contributed by atoms with van der Waals surface area (Å²) in [6, 6.07) is 33.7. The van der Waals surface area contributed by atoms with E-state index in [0.717, 1.165) is 16.7 Å². The molecule has 4 rings (SSSR count). The maximum Gasteiger partial charge on any atom is 0.264 e. The number of aryl methyl sites for hydroxylation is 1. The molecule has 38 heavy (non-hydrogen) atoms. The van der Waals surface area contributed by atoms with Crippen molar-refractivity contribution in [1.29, 1.82) is 0 Å². The Morgan fingerprint density at radius 3 is 1.76 bits per heavy atom. The van der Waals surface area contributed by atoms with Crippen molar-refractivity contribution in [2.75, 3.05) is 24.5 Å². The number of aliphatic hydroxyl groups is 1. The summed E-state index contributed by atoms with van der Waals surface area (Å²) < 4.78 is 34.1. The highest BCUT2D eigenvalue weighted by Crippen LogP contribution is 2.27. The maximum absolute atomic E-state index is 13.8. The lowest BCUT2D eigenvalue weighted by Crippen LogP contribution is -2.42. The van der Waals surface area contributed by atoms with E-state index in [1.54, 1.807) is 55.6 Å². The van der Waals surface area contributed by atoms with Crippen LogP contribution < -0.4 is 9.04 Å². The van der Waals surface area contributed by atoms with E-state index in [9.17, 15) is 13.5 Å². The van der Waals surface area contributed by atoms with Crippen molar-refractivity contribution >= 4 is 15.7 Å². The van der Waals surface area contributed by atoms with Crippen molar-refractivity contribution in [3.8, 4) is 5.75 Å². The molecule has 0 amide bonds. The molecule has 4 aromatic rings. The molecule has 7 heteroatoms. The van der Waals surface area contributed by atoms with Crippen LogP contribution in [0.1, 0.15) is 16.7 Å². The number of hydrogen-bond acceptors (Lipinski definition) is 5. The Kier molecular flexibility index (Phi) is 9.18. The topological polar surface area (TPSA) is 70.1 Å². The van der Waals surface area contributed by atoms with Gasteiger partial charge in [0.1, 0.15) is 5.75 Å². The predicted molar refractivity (Wildman–Crippen MR) is 152 cm³/mol. The quantitative estimate of drug-likeness (QED) is 0.271. The Morgan fingerprint density at radius 1 is 0.737 bits per heavy atom. The van der Waals surface area contributed by atoms with Crippen LogP contribution in [0, 0.1) is 6.92 Å². The van der Waals surface area contributed by atoms with Gasteiger partial charge in [0, 0.05) is 19.6 Å². The van der Waals surface area contributed by atoms with Crippen molar-refractivity contribution in [2.45, 2.75) is 31.0 Å². The summed E-state index contributed by atoms with van der Waals surface area (Å²) in [6.45, 7) is 3.36. The second-order valence-electron chi connectivity index (χ2n) is 9.34. The first-order valence-electron chi connectivity index (χ1n) is 12.6. The van der Waals surface area contributed by atoms with Crippen molar-refractivity contribution in [1.82, 2.24) is 4.90 Å². The molecule has 4 aromatic carbocycles. The van der Waals surface area contributed by atoms with E-state index in [-0.39, 0.29) is 11.4 Å². The summed E-state index contributed by atoms with van der Waals surface area (Å²) in [4.78, 5) is 2.32. The fourth-order valence-electron chi connectivity index (χ4n) is 4.34. The van der Waals surface area contributed by atoms with Crippen LogP contribution in [0.2, 0.25) is 0 Å². The first-order valence-corrected chi connectivity index (χ1v) is 14.0. The van der Waals surface area contributed by atoms with Crippen LogP contribution in [0.25, 0.3) is 0 Å². The molecule has 1 atom stereocenters. The molecular formula is C31H34N2O4S. The summed E-state index contributed by atoms with van der Waals surface area (Å²) in [5.74, 6) is 0.624. The lowest BCUT2D eigenvalue weighted by molar-refractivity contribution is 0.111. The summed E-state index contributed by atoms with van der Waals surface area (Å²) >= 11 is 0. The van der Waals surface area contributed by atoms with E-state index in [2.05, 4.69) is 29.2 Å². The zero-order valence-electron chi connectivity index (χ0n) is 21.8. The van der Waals surface area contributed by atoms with Gasteiger partial charge in [-0.1, -0.05) is 78.4 Å². The first-order chi connectivity index (χ1) is 18.3. The van der Waals surface area contributed by atoms with E-state index < -0.39 is 16.1 Å². The third kappa shape index (κ3) is 7.22. The van der Waals surface area contributed by atoms with E-state index in [4.69, 9.17) is 4.74 Å². The maximum atomic E-state index is 13.8. The van der Waals surface area contributed by atoms with Crippen LogP contribution in [0.5, 0.6) is 5.75 Å². The van der Waals surface area contributed by atoms with Gasteiger partial charge in [-0.3, -0.25) is 9.21 Å². The SMILES string of the molecule is COc1ccc(N(C[C@H](O)CN(Cc2ccccc2)Cc2ccccc2)S(=O)(=O)c2ccc(C)cc2)cc1. The highest BCUT2D eigenvalue weighted by Gasteiger charge is 2.28. The zero-order valence-corrected chi connectivity index (χ0v) is 22.6. The predicted octanol–water partition coefficient (Wildman–Crippen LogP) is 5.26. The molecule has 0 aliphatic carbocycles. The molecule has 6 nitrogen and oxygen atoms in total. The third-order valence-electron chi connectivity index (χ3n) is 6.31. The number of methoxy groups -OCH3 is 1. The molecule has 198 valence electrons. The first kappa shape index (κ1) is 27.4. The van der Waals surface area contributed by atoms with Crippen LogP contribution in [-0.2, 0) is 23.1 Å². The van der Waals surface area contributed by atoms with Gasteiger partial charge in [-0.25, -0.2) is 8.42 Å². The summed E-state index contributed by atoms with van der Waals surface area (Å²) in [5.41, 5.74) is 3.67. The van der Waals surface area contributed by atoms with Gasteiger partial charge < -0.3 is 9.84 Å². The van der Waals surface area contributed by atoms with Crippen LogP contribution in [0.3, 0.4) is 0 Å². The highest BCUT2D eigenvalue weighted by molar-refractivity contribution is 7.92. The van der Waals surface area contributed by atoms with E-state index in [1.165, 1.54) is 4.31 Å². The molecule has 1 N–H and O–H groups in total. The number of nitrogens with zero attached hydrogens (tertiary/aromatic N) is 2. The Bertz CT molecular complexity index is 1340. The van der Waals surface area contributed by atoms with Crippen molar-refractivity contribution in [3.05, 3.63) is 126 Å². The van der Waals surface area contributed by atoms with Crippen molar-refractivity contribution in [2.24, 2.45) is 0 Å². The summed E-state index contributed by atoms with van der Waals surface area (Å²) in [6.07, 6.45) is -0.940. The summed E-state index contributed by atoms with van der Waals surface area (Å²) in [7, 11) is -2.36. The minimum Gasteiger partial charge on any atom is -0.497 e. The Hall–Kier alpha value is -3.65. The highest BCUT2D eigenvalue weighted by atomic mass is 32.2. The van der Waals surface area contributed by atoms with Gasteiger partial charge in [-0.05, 0) is 54.4 Å². The second kappa shape index (κ2) is 12.7. The normalized spacial score (nSPS) is 12.3. The monoisotopic (exact) mass is 530 g/mol. The Morgan fingerprint density at radius 2 is 1.26 bits per heavy atom. The Balaban J connectivity index is 1.60. The van der Waals surface area contributed by atoms with Crippen molar-refractivity contribution < 1.29 is 18.3 Å². The largest absolute Gasteiger partial charge is 0.497 e. The number of ether oxygens (including phenoxy) is 1. The molecule has 0 spiro atoms. The van der Waals surface area contributed by atoms with Gasteiger partial charge in [0.05, 0.1) is 30.3 Å². The fraction of sp³-hybridized carbons (Fsp3) is 0.226. The molecule has 0 aliphatic heterocycles. The molecule has 0 aromatic heterocycles. The molecule has 0 bridgehead atoms. The number of rotatable bonds is 12. The average molecular weight is 531 g/mol. The van der Waals surface area contributed by atoms with Crippen LogP contribution in [0.4, 0.5) is 5.69 Å². The van der Waals surface area contributed by atoms with Gasteiger partial charge >= 0.3 is 0 Å². The Labute approximate surface area is 225 Å². The number of sulfonamides is 1. The molecule has 0 radical (unpaired) electrons. The van der Waals surface area contributed by atoms with Crippen LogP contribution >= 0.6 is 0 Å². The smallest absolute Gasteiger partial charge is 0.264 e. The molecule has 0 aliphatic rings. The van der Waals surface area contributed by atoms with Gasteiger partial charge in [0.15, 0.2) is 0 Å². The van der Waals surface area contributed by atoms with Gasteiger partial charge in [-0.15, -0.1) is 0 Å². The van der Waals surface area contributed by atoms with Gasteiger partial charge in [-0.2, -0.15) is 0 Å². The lowest BCUT2D eigenvalue weighted by Gasteiger charge is -2.30. The van der Waals surface area contributed by atoms with Crippen molar-refractivity contribution in [3.63, 3.8) is 0 Å². The molecular weight excluding hydrogens is 496 g/mol. The molecule has 0 saturated heterocycles. The number of aliphatic hydroxyl groups excluding tert-OH is 1. The zero-order chi connectivity index (χ0) is 27.0. The minimum absolute atomic E-state index is 0.0946. The second-order valence-corrected chi connectivity index (χ2v) is 11.2. The third-order valence-corrected chi connectivity index (χ3v) is 8.12. The lowest BCUT2D eigenvalue weighted by atomic mass is 10.1. The molecule has 0 fully saturated rings. The summed E-state index contributed by atoms with van der Waals surface area (Å²) in [5, 5.41) is 11.3. The van der Waals surface area contributed by atoms with E-state index in [1.807, 2.05) is 43.3 Å². The standard InChI is InChI=1S/C31H34N2O4S/c1-25-13-19-31(20-14-25)38(35,36)33(28-15-17-30(37-2)18-16-28)24-29(34)23-32(21-26-9-5-3-6-10-26)22-27-11-7-4-8-12-27/h3-20,29,34H,21-24H2,1-2H3/t29-/m1/s1. The van der Waals surface area contributed by atoms with Gasteiger partial charge in [0.2, 0.25) is 0 Å². The molecule has 0 saturated carbocycles. The number of hydrogen-bond donors (Lipinski definition) is 1. The van der Waals surface area contributed by atoms with Crippen LogP contribution in [0.15, 0.2) is 114 Å². The molecule has 0 heterocycles. The van der Waals surface area contributed by atoms with Crippen LogP contribution in [-0.4, -0.2) is 44.7 Å².